The van der Waals surface area contributed by atoms with Crippen molar-refractivity contribution in [3.05, 3.63) is 22.1 Å². The number of nitriles is 1. The van der Waals surface area contributed by atoms with E-state index in [0.717, 1.165) is 0 Å². The Labute approximate surface area is 80.9 Å². The molecule has 0 fully saturated rings. The van der Waals surface area contributed by atoms with E-state index >= 15 is 0 Å². The molecule has 14 heavy (non-hydrogen) atoms. The summed E-state index contributed by atoms with van der Waals surface area (Å²) in [6, 6.07) is 1.99. The molecule has 6 heteroatoms. The molecule has 0 saturated carbocycles. The van der Waals surface area contributed by atoms with Crippen molar-refractivity contribution < 1.29 is 4.92 Å². The van der Waals surface area contributed by atoms with Crippen LogP contribution in [-0.4, -0.2) is 14.5 Å². The van der Waals surface area contributed by atoms with Crippen LogP contribution in [-0.2, 0) is 6.54 Å². The van der Waals surface area contributed by atoms with Crippen molar-refractivity contribution in [3.63, 3.8) is 0 Å². The lowest BCUT2D eigenvalue weighted by molar-refractivity contribution is -0.392. The molecule has 0 saturated heterocycles. The predicted molar refractivity (Wildman–Crippen MR) is 48.5 cm³/mol. The standard InChI is InChI=1S/C8H10N4O2/c1-7-10-6-8(12(13)14)11(7)5-3-2-4-9/h6H,2-3,5H2,1H3. The second-order valence-electron chi connectivity index (χ2n) is 2.83. The Morgan fingerprint density at radius 3 is 3.07 bits per heavy atom. The maximum Gasteiger partial charge on any atom is 0.342 e. The molecule has 0 N–H and O–H groups in total. The summed E-state index contributed by atoms with van der Waals surface area (Å²) in [6.45, 7) is 2.18. The van der Waals surface area contributed by atoms with Crippen LogP contribution in [0.1, 0.15) is 18.7 Å². The molecule has 0 spiro atoms. The summed E-state index contributed by atoms with van der Waals surface area (Å²) >= 11 is 0. The average Bonchev–Trinajstić information content (AvgIpc) is 2.48. The number of aryl methyl sites for hydroxylation is 1. The summed E-state index contributed by atoms with van der Waals surface area (Å²) in [7, 11) is 0. The zero-order chi connectivity index (χ0) is 10.6. The fraction of sp³-hybridized carbons (Fsp3) is 0.500. The molecule has 0 aliphatic heterocycles. The molecule has 1 heterocycles. The lowest BCUT2D eigenvalue weighted by Gasteiger charge is -2.00. The van der Waals surface area contributed by atoms with Gasteiger partial charge in [-0.1, -0.05) is 0 Å². The zero-order valence-corrected chi connectivity index (χ0v) is 7.80. The van der Waals surface area contributed by atoms with E-state index in [1.165, 1.54) is 10.8 Å². The summed E-state index contributed by atoms with van der Waals surface area (Å²) in [5, 5.41) is 18.9. The Bertz CT molecular complexity index is 377. The zero-order valence-electron chi connectivity index (χ0n) is 7.80. The normalized spacial score (nSPS) is 9.71. The van der Waals surface area contributed by atoms with Crippen molar-refractivity contribution in [2.45, 2.75) is 26.3 Å². The molecular weight excluding hydrogens is 184 g/mol. The molecule has 6 nitrogen and oxygen atoms in total. The number of nitro groups is 1. The quantitative estimate of drug-likeness (QED) is 0.412. The fourth-order valence-corrected chi connectivity index (χ4v) is 1.19. The van der Waals surface area contributed by atoms with E-state index in [9.17, 15) is 10.1 Å². The van der Waals surface area contributed by atoms with Gasteiger partial charge in [-0.25, -0.2) is 9.55 Å². The number of imidazole rings is 1. The van der Waals surface area contributed by atoms with E-state index in [-0.39, 0.29) is 5.82 Å². The minimum absolute atomic E-state index is 0.0135. The van der Waals surface area contributed by atoms with E-state index < -0.39 is 4.92 Å². The number of hydrogen-bond acceptors (Lipinski definition) is 4. The third-order valence-corrected chi connectivity index (χ3v) is 1.89. The van der Waals surface area contributed by atoms with Gasteiger partial charge in [0.25, 0.3) is 0 Å². The van der Waals surface area contributed by atoms with Crippen molar-refractivity contribution in [2.75, 3.05) is 0 Å². The molecule has 74 valence electrons. The number of hydrogen-bond donors (Lipinski definition) is 0. The third-order valence-electron chi connectivity index (χ3n) is 1.89. The Morgan fingerprint density at radius 1 is 1.79 bits per heavy atom. The van der Waals surface area contributed by atoms with Crippen LogP contribution in [0.4, 0.5) is 5.82 Å². The van der Waals surface area contributed by atoms with Gasteiger partial charge in [0.15, 0.2) is 5.82 Å². The van der Waals surface area contributed by atoms with Gasteiger partial charge in [0, 0.05) is 13.3 Å². The monoisotopic (exact) mass is 194 g/mol. The smallest absolute Gasteiger partial charge is 0.342 e. The molecule has 0 bridgehead atoms. The number of aromatic nitrogens is 2. The summed E-state index contributed by atoms with van der Waals surface area (Å²) in [5.41, 5.74) is 0. The van der Waals surface area contributed by atoms with Crippen LogP contribution < -0.4 is 0 Å². The molecule has 0 atom stereocenters. The SMILES string of the molecule is Cc1ncc([N+](=O)[O-])n1CCCC#N. The van der Waals surface area contributed by atoms with E-state index in [4.69, 9.17) is 5.26 Å². The highest BCUT2D eigenvalue weighted by atomic mass is 16.6. The molecule has 0 aliphatic rings. The van der Waals surface area contributed by atoms with Gasteiger partial charge in [-0.3, -0.25) is 0 Å². The first-order valence-corrected chi connectivity index (χ1v) is 4.20. The van der Waals surface area contributed by atoms with Gasteiger partial charge >= 0.3 is 5.82 Å². The third kappa shape index (κ3) is 2.07. The molecule has 0 aliphatic carbocycles. The van der Waals surface area contributed by atoms with Crippen molar-refractivity contribution in [3.8, 4) is 6.07 Å². The van der Waals surface area contributed by atoms with Crippen LogP contribution in [0.3, 0.4) is 0 Å². The maximum atomic E-state index is 10.5. The first-order valence-electron chi connectivity index (χ1n) is 4.20. The van der Waals surface area contributed by atoms with E-state index in [2.05, 4.69) is 4.98 Å². The largest absolute Gasteiger partial charge is 0.358 e. The van der Waals surface area contributed by atoms with Crippen molar-refractivity contribution >= 4 is 5.82 Å². The first kappa shape index (κ1) is 10.2. The van der Waals surface area contributed by atoms with Crippen LogP contribution in [0, 0.1) is 28.4 Å². The fourth-order valence-electron chi connectivity index (χ4n) is 1.19. The van der Waals surface area contributed by atoms with Crippen LogP contribution >= 0.6 is 0 Å². The summed E-state index contributed by atoms with van der Waals surface area (Å²) in [4.78, 5) is 13.9. The molecule has 0 radical (unpaired) electrons. The van der Waals surface area contributed by atoms with Gasteiger partial charge in [-0.2, -0.15) is 5.26 Å². The molecule has 1 aromatic heterocycles. The van der Waals surface area contributed by atoms with Gasteiger partial charge in [0.1, 0.15) is 6.20 Å². The van der Waals surface area contributed by atoms with Crippen LogP contribution in [0.2, 0.25) is 0 Å². The average molecular weight is 194 g/mol. The van der Waals surface area contributed by atoms with Crippen molar-refractivity contribution in [2.24, 2.45) is 0 Å². The van der Waals surface area contributed by atoms with Crippen molar-refractivity contribution in [1.82, 2.24) is 9.55 Å². The van der Waals surface area contributed by atoms with Gasteiger partial charge in [0.05, 0.1) is 12.6 Å². The minimum atomic E-state index is -0.466. The highest BCUT2D eigenvalue weighted by molar-refractivity contribution is 5.18. The van der Waals surface area contributed by atoms with Gasteiger partial charge in [-0.05, 0) is 11.3 Å². The van der Waals surface area contributed by atoms with Crippen LogP contribution in [0.15, 0.2) is 6.20 Å². The van der Waals surface area contributed by atoms with Crippen molar-refractivity contribution in [1.29, 1.82) is 5.26 Å². The summed E-state index contributed by atoms with van der Waals surface area (Å²) in [6.07, 6.45) is 2.24. The Balaban J connectivity index is 2.79. The summed E-state index contributed by atoms with van der Waals surface area (Å²) in [5.74, 6) is 0.593. The molecule has 1 aromatic rings. The second-order valence-corrected chi connectivity index (χ2v) is 2.83. The Hall–Kier alpha value is -1.90. The number of rotatable bonds is 4. The highest BCUT2D eigenvalue weighted by Crippen LogP contribution is 2.14. The predicted octanol–water partition coefficient (Wildman–Crippen LogP) is 1.40. The molecule has 0 amide bonds. The molecular formula is C8H10N4O2. The maximum absolute atomic E-state index is 10.5. The molecule has 0 aromatic carbocycles. The lowest BCUT2D eigenvalue weighted by Crippen LogP contribution is -2.04. The second kappa shape index (κ2) is 4.37. The first-order chi connectivity index (χ1) is 6.66. The Kier molecular flexibility index (Phi) is 3.18. The minimum Gasteiger partial charge on any atom is -0.358 e. The van der Waals surface area contributed by atoms with Gasteiger partial charge < -0.3 is 10.1 Å². The molecule has 1 rings (SSSR count). The Morgan fingerprint density at radius 2 is 2.50 bits per heavy atom. The van der Waals surface area contributed by atoms with E-state index in [0.29, 0.717) is 25.2 Å². The van der Waals surface area contributed by atoms with E-state index in [1.54, 1.807) is 6.92 Å². The highest BCUT2D eigenvalue weighted by Gasteiger charge is 2.16. The van der Waals surface area contributed by atoms with E-state index in [1.807, 2.05) is 6.07 Å². The molecule has 0 unspecified atom stereocenters. The van der Waals surface area contributed by atoms with Crippen LogP contribution in [0.25, 0.3) is 0 Å². The number of nitrogens with zero attached hydrogens (tertiary/aromatic N) is 4. The summed E-state index contributed by atoms with van der Waals surface area (Å²) < 4.78 is 1.51. The van der Waals surface area contributed by atoms with Crippen LogP contribution in [0.5, 0.6) is 0 Å². The van der Waals surface area contributed by atoms with Gasteiger partial charge in [-0.15, -0.1) is 0 Å². The number of unbranched alkanes of at least 4 members (excludes halogenated alkanes) is 1. The van der Waals surface area contributed by atoms with Gasteiger partial charge in [0.2, 0.25) is 0 Å². The topological polar surface area (TPSA) is 84.8 Å². The lowest BCUT2D eigenvalue weighted by atomic mass is 10.3.